The van der Waals surface area contributed by atoms with Crippen LogP contribution in [0.15, 0.2) is 29.2 Å². The number of hydrogen-bond donors (Lipinski definition) is 1. The van der Waals surface area contributed by atoms with Gasteiger partial charge in [-0.3, -0.25) is 9.20 Å². The number of nitrogens with zero attached hydrogens (tertiary/aromatic N) is 2. The van der Waals surface area contributed by atoms with Gasteiger partial charge in [0, 0.05) is 18.3 Å². The van der Waals surface area contributed by atoms with Gasteiger partial charge in [0.2, 0.25) is 0 Å². The molecular weight excluding hydrogens is 225 g/mol. The van der Waals surface area contributed by atoms with Crippen molar-refractivity contribution in [2.24, 2.45) is 0 Å². The van der Waals surface area contributed by atoms with E-state index in [1.54, 1.807) is 0 Å². The van der Waals surface area contributed by atoms with Crippen molar-refractivity contribution in [1.29, 1.82) is 0 Å². The second-order valence-electron chi connectivity index (χ2n) is 3.09. The van der Waals surface area contributed by atoms with Crippen LogP contribution in [0.5, 0.6) is 5.75 Å². The number of fused-ring (bicyclic) bond motifs is 1. The molecule has 2 heterocycles. The Hall–Kier alpha value is -2.05. The standard InChI is InChI=1S/C9H5F3N2O2/c10-9(11,12)6-4-8(16)14-2-1-5(15)3-7(14)13-6/h1-4,15H. The van der Waals surface area contributed by atoms with E-state index in [1.807, 2.05) is 0 Å². The molecular formula is C9H5F3N2O2. The van der Waals surface area contributed by atoms with Crippen LogP contribution < -0.4 is 5.56 Å². The molecule has 0 spiro atoms. The maximum atomic E-state index is 12.3. The van der Waals surface area contributed by atoms with Crippen LogP contribution in [0.2, 0.25) is 0 Å². The summed E-state index contributed by atoms with van der Waals surface area (Å²) in [6.07, 6.45) is -3.53. The van der Waals surface area contributed by atoms with Gasteiger partial charge in [-0.05, 0) is 6.07 Å². The summed E-state index contributed by atoms with van der Waals surface area (Å²) in [5.41, 5.74) is -2.37. The molecule has 0 aliphatic carbocycles. The summed E-state index contributed by atoms with van der Waals surface area (Å²) in [6.45, 7) is 0. The Kier molecular flexibility index (Phi) is 2.11. The highest BCUT2D eigenvalue weighted by Gasteiger charge is 2.33. The topological polar surface area (TPSA) is 54.6 Å². The van der Waals surface area contributed by atoms with E-state index in [2.05, 4.69) is 4.98 Å². The number of pyridine rings is 1. The van der Waals surface area contributed by atoms with E-state index in [4.69, 9.17) is 5.11 Å². The molecule has 7 heteroatoms. The smallest absolute Gasteiger partial charge is 0.433 e. The predicted molar refractivity (Wildman–Crippen MR) is 48.1 cm³/mol. The summed E-state index contributed by atoms with van der Waals surface area (Å²) in [7, 11) is 0. The molecule has 2 aromatic rings. The molecule has 16 heavy (non-hydrogen) atoms. The van der Waals surface area contributed by atoms with Gasteiger partial charge in [0.05, 0.1) is 0 Å². The van der Waals surface area contributed by atoms with Gasteiger partial charge in [-0.2, -0.15) is 13.2 Å². The van der Waals surface area contributed by atoms with Gasteiger partial charge in [-0.1, -0.05) is 0 Å². The van der Waals surface area contributed by atoms with Crippen molar-refractivity contribution in [3.63, 3.8) is 0 Å². The third-order valence-electron chi connectivity index (χ3n) is 1.94. The molecule has 84 valence electrons. The Morgan fingerprint density at radius 3 is 2.62 bits per heavy atom. The van der Waals surface area contributed by atoms with Crippen LogP contribution in [0.1, 0.15) is 5.69 Å². The zero-order valence-corrected chi connectivity index (χ0v) is 7.69. The molecule has 0 saturated carbocycles. The maximum absolute atomic E-state index is 12.3. The lowest BCUT2D eigenvalue weighted by Gasteiger charge is -2.06. The molecule has 0 bridgehead atoms. The van der Waals surface area contributed by atoms with Crippen LogP contribution in [-0.4, -0.2) is 14.5 Å². The Balaban J connectivity index is 2.80. The molecule has 0 fully saturated rings. The third-order valence-corrected chi connectivity index (χ3v) is 1.94. The Morgan fingerprint density at radius 2 is 2.00 bits per heavy atom. The van der Waals surface area contributed by atoms with E-state index in [1.165, 1.54) is 6.07 Å². The van der Waals surface area contributed by atoms with Gasteiger partial charge < -0.3 is 5.11 Å². The Morgan fingerprint density at radius 1 is 1.31 bits per heavy atom. The monoisotopic (exact) mass is 230 g/mol. The van der Waals surface area contributed by atoms with Crippen LogP contribution in [-0.2, 0) is 6.18 Å². The van der Waals surface area contributed by atoms with Crippen LogP contribution in [0.25, 0.3) is 5.65 Å². The number of alkyl halides is 3. The van der Waals surface area contributed by atoms with Crippen molar-refractivity contribution < 1.29 is 18.3 Å². The van der Waals surface area contributed by atoms with Gasteiger partial charge in [0.15, 0.2) is 5.69 Å². The molecule has 0 aromatic carbocycles. The third kappa shape index (κ3) is 1.71. The van der Waals surface area contributed by atoms with E-state index in [0.717, 1.165) is 16.7 Å². The lowest BCUT2D eigenvalue weighted by molar-refractivity contribution is -0.141. The molecule has 2 aromatic heterocycles. The van der Waals surface area contributed by atoms with Crippen molar-refractivity contribution >= 4 is 5.65 Å². The molecule has 0 atom stereocenters. The van der Waals surface area contributed by atoms with E-state index < -0.39 is 17.4 Å². The molecule has 0 amide bonds. The summed E-state index contributed by atoms with van der Waals surface area (Å²) in [5.74, 6) is -0.258. The van der Waals surface area contributed by atoms with Crippen molar-refractivity contribution in [1.82, 2.24) is 9.38 Å². The first-order chi connectivity index (χ1) is 7.38. The molecule has 0 radical (unpaired) electrons. The second-order valence-corrected chi connectivity index (χ2v) is 3.09. The van der Waals surface area contributed by atoms with Crippen molar-refractivity contribution in [2.75, 3.05) is 0 Å². The first-order valence-corrected chi connectivity index (χ1v) is 4.17. The normalized spacial score (nSPS) is 11.9. The molecule has 1 N–H and O–H groups in total. The lowest BCUT2D eigenvalue weighted by Crippen LogP contribution is -2.19. The number of aromatic hydroxyl groups is 1. The number of rotatable bonds is 0. The molecule has 0 aliphatic heterocycles. The first-order valence-electron chi connectivity index (χ1n) is 4.17. The summed E-state index contributed by atoms with van der Waals surface area (Å²) in [6, 6.07) is 2.57. The Bertz CT molecular complexity index is 604. The fourth-order valence-electron chi connectivity index (χ4n) is 1.24. The zero-order valence-electron chi connectivity index (χ0n) is 7.69. The molecule has 0 saturated heterocycles. The van der Waals surface area contributed by atoms with Crippen molar-refractivity contribution in [2.45, 2.75) is 6.18 Å². The predicted octanol–water partition coefficient (Wildman–Crippen LogP) is 1.42. The highest BCUT2D eigenvalue weighted by Crippen LogP contribution is 2.26. The first kappa shape index (κ1) is 10.5. The van der Waals surface area contributed by atoms with Crippen LogP contribution >= 0.6 is 0 Å². The highest BCUT2D eigenvalue weighted by molar-refractivity contribution is 5.44. The van der Waals surface area contributed by atoms with Crippen molar-refractivity contribution in [3.8, 4) is 5.75 Å². The lowest BCUT2D eigenvalue weighted by atomic mass is 10.3. The van der Waals surface area contributed by atoms with E-state index >= 15 is 0 Å². The number of aromatic nitrogens is 2. The molecule has 4 nitrogen and oxygen atoms in total. The average Bonchev–Trinajstić information content (AvgIpc) is 2.15. The van der Waals surface area contributed by atoms with Crippen molar-refractivity contribution in [3.05, 3.63) is 40.4 Å². The van der Waals surface area contributed by atoms with E-state index in [0.29, 0.717) is 6.07 Å². The van der Waals surface area contributed by atoms with Gasteiger partial charge in [-0.25, -0.2) is 4.98 Å². The quantitative estimate of drug-likeness (QED) is 0.744. The van der Waals surface area contributed by atoms with E-state index in [-0.39, 0.29) is 11.4 Å². The van der Waals surface area contributed by atoms with Gasteiger partial charge in [-0.15, -0.1) is 0 Å². The van der Waals surface area contributed by atoms with Crippen LogP contribution in [0, 0.1) is 0 Å². The minimum atomic E-state index is -4.68. The minimum Gasteiger partial charge on any atom is -0.508 e. The van der Waals surface area contributed by atoms with E-state index in [9.17, 15) is 18.0 Å². The highest BCUT2D eigenvalue weighted by atomic mass is 19.4. The summed E-state index contributed by atoms with van der Waals surface area (Å²) >= 11 is 0. The molecule has 2 rings (SSSR count). The average molecular weight is 230 g/mol. The molecule has 0 aliphatic rings. The Labute approximate surface area is 86.6 Å². The van der Waals surface area contributed by atoms with Gasteiger partial charge in [0.1, 0.15) is 11.4 Å². The summed E-state index contributed by atoms with van der Waals surface area (Å²) in [4.78, 5) is 14.5. The van der Waals surface area contributed by atoms with Crippen LogP contribution in [0.3, 0.4) is 0 Å². The number of halogens is 3. The number of hydrogen-bond acceptors (Lipinski definition) is 3. The fourth-order valence-corrected chi connectivity index (χ4v) is 1.24. The minimum absolute atomic E-state index is 0.250. The molecule has 0 unspecified atom stereocenters. The summed E-state index contributed by atoms with van der Waals surface area (Å²) in [5, 5.41) is 9.08. The van der Waals surface area contributed by atoms with Gasteiger partial charge >= 0.3 is 6.18 Å². The maximum Gasteiger partial charge on any atom is 0.433 e. The van der Waals surface area contributed by atoms with Gasteiger partial charge in [0.25, 0.3) is 5.56 Å². The van der Waals surface area contributed by atoms with Crippen LogP contribution in [0.4, 0.5) is 13.2 Å². The second kappa shape index (κ2) is 3.22. The SMILES string of the molecule is O=c1cc(C(F)(F)F)nc2cc(O)ccn12. The summed E-state index contributed by atoms with van der Waals surface area (Å²) < 4.78 is 37.9. The largest absolute Gasteiger partial charge is 0.508 e. The zero-order chi connectivity index (χ0) is 11.9. The fraction of sp³-hybridized carbons (Fsp3) is 0.111.